The maximum absolute atomic E-state index is 13.2. The lowest BCUT2D eigenvalue weighted by atomic mass is 10.1. The molecule has 0 N–H and O–H groups in total. The number of amides is 1. The molecule has 1 aromatic heterocycles. The van der Waals surface area contributed by atoms with Gasteiger partial charge in [0.05, 0.1) is 18.7 Å². The maximum atomic E-state index is 13.2. The summed E-state index contributed by atoms with van der Waals surface area (Å²) in [5.41, 5.74) is 4.12. The molecule has 0 spiro atoms. The van der Waals surface area contributed by atoms with Crippen LogP contribution in [0.15, 0.2) is 48.5 Å². The predicted molar refractivity (Wildman–Crippen MR) is 150 cm³/mol. The highest BCUT2D eigenvalue weighted by molar-refractivity contribution is 5.88. The Balaban J connectivity index is 1.20. The highest BCUT2D eigenvalue weighted by Gasteiger charge is 2.33. The number of para-hydroxylation sites is 1. The Hall–Kier alpha value is -3.48. The highest BCUT2D eigenvalue weighted by Crippen LogP contribution is 2.38. The molecule has 0 fully saturated rings. The van der Waals surface area contributed by atoms with Crippen LogP contribution in [0.5, 0.6) is 11.5 Å². The number of carbonyl (C=O) groups is 1. The van der Waals surface area contributed by atoms with Gasteiger partial charge in [0.15, 0.2) is 17.6 Å². The number of rotatable bonds is 6. The average Bonchev–Trinajstić information content (AvgIpc) is 3.11. The van der Waals surface area contributed by atoms with E-state index >= 15 is 0 Å². The van der Waals surface area contributed by atoms with Crippen LogP contribution in [0.1, 0.15) is 51.3 Å². The van der Waals surface area contributed by atoms with Crippen LogP contribution in [0.25, 0.3) is 10.9 Å². The van der Waals surface area contributed by atoms with Gasteiger partial charge in [-0.2, -0.15) is 0 Å². The molecule has 2 aliphatic heterocycles. The van der Waals surface area contributed by atoms with E-state index in [1.165, 1.54) is 24.1 Å². The zero-order valence-electron chi connectivity index (χ0n) is 23.0. The molecule has 38 heavy (non-hydrogen) atoms. The number of carbonyl (C=O) groups excluding carboxylic acids is 1. The molecule has 7 heteroatoms. The smallest absolute Gasteiger partial charge is 0.410 e. The predicted octanol–water partition coefficient (Wildman–Crippen LogP) is 6.15. The molecule has 0 radical (unpaired) electrons. The number of benzene rings is 2. The van der Waals surface area contributed by atoms with Crippen molar-refractivity contribution in [3.05, 3.63) is 59.8 Å². The summed E-state index contributed by atoms with van der Waals surface area (Å²) in [5.74, 6) is 1.39. The monoisotopic (exact) mass is 517 g/mol. The Morgan fingerprint density at radius 3 is 2.82 bits per heavy atom. The van der Waals surface area contributed by atoms with Crippen molar-refractivity contribution < 1.29 is 19.0 Å². The topological polar surface area (TPSA) is 64.1 Å². The number of pyridine rings is 1. The van der Waals surface area contributed by atoms with Gasteiger partial charge in [-0.25, -0.2) is 4.79 Å². The molecule has 202 valence electrons. The van der Waals surface area contributed by atoms with E-state index in [2.05, 4.69) is 34.1 Å². The molecule has 0 aliphatic carbocycles. The Morgan fingerprint density at radius 1 is 1.13 bits per heavy atom. The van der Waals surface area contributed by atoms with Gasteiger partial charge < -0.3 is 19.1 Å². The van der Waals surface area contributed by atoms with E-state index in [0.717, 1.165) is 42.5 Å². The SMILES string of the molecule is Cc1ccc2c3c(ccc2n1)OC[C@H](CN(C(=O)OCCCN1CCCCc2ccccc21)C(C)(C)C)O3. The normalized spacial score (nSPS) is 17.1. The van der Waals surface area contributed by atoms with E-state index in [9.17, 15) is 4.79 Å². The van der Waals surface area contributed by atoms with Gasteiger partial charge in [0.1, 0.15) is 6.61 Å². The van der Waals surface area contributed by atoms with Crippen LogP contribution in [-0.2, 0) is 11.2 Å². The molecule has 2 aromatic carbocycles. The summed E-state index contributed by atoms with van der Waals surface area (Å²) in [7, 11) is 0. The molecule has 0 bridgehead atoms. The number of hydrogen-bond donors (Lipinski definition) is 0. The number of nitrogens with zero attached hydrogens (tertiary/aromatic N) is 3. The van der Waals surface area contributed by atoms with Gasteiger partial charge in [-0.05, 0) is 89.3 Å². The highest BCUT2D eigenvalue weighted by atomic mass is 16.6. The Bertz CT molecular complexity index is 1290. The first-order valence-corrected chi connectivity index (χ1v) is 13.8. The van der Waals surface area contributed by atoms with E-state index in [1.807, 2.05) is 52.0 Å². The van der Waals surface area contributed by atoms with Gasteiger partial charge in [0.25, 0.3) is 0 Å². The van der Waals surface area contributed by atoms with Crippen LogP contribution < -0.4 is 14.4 Å². The summed E-state index contributed by atoms with van der Waals surface area (Å²) in [6.07, 6.45) is 3.68. The molecule has 7 nitrogen and oxygen atoms in total. The number of anilines is 1. The van der Waals surface area contributed by atoms with Gasteiger partial charge in [0.2, 0.25) is 0 Å². The minimum absolute atomic E-state index is 0.310. The van der Waals surface area contributed by atoms with E-state index in [4.69, 9.17) is 14.2 Å². The van der Waals surface area contributed by atoms with Gasteiger partial charge in [0, 0.05) is 35.4 Å². The third kappa shape index (κ3) is 5.82. The second-order valence-electron chi connectivity index (χ2n) is 11.3. The molecule has 1 atom stereocenters. The first-order chi connectivity index (χ1) is 18.3. The van der Waals surface area contributed by atoms with Crippen molar-refractivity contribution in [3.8, 4) is 11.5 Å². The van der Waals surface area contributed by atoms with Crippen LogP contribution in [0, 0.1) is 6.92 Å². The average molecular weight is 518 g/mol. The van der Waals surface area contributed by atoms with E-state index in [1.54, 1.807) is 4.90 Å². The van der Waals surface area contributed by atoms with Gasteiger partial charge in [-0.1, -0.05) is 18.2 Å². The van der Waals surface area contributed by atoms with Crippen LogP contribution in [0.2, 0.25) is 0 Å². The molecule has 5 rings (SSSR count). The zero-order chi connectivity index (χ0) is 26.7. The summed E-state index contributed by atoms with van der Waals surface area (Å²) in [5, 5.41) is 0.915. The largest absolute Gasteiger partial charge is 0.486 e. The third-order valence-electron chi connectivity index (χ3n) is 7.30. The van der Waals surface area contributed by atoms with Crippen LogP contribution in [0.4, 0.5) is 10.5 Å². The molecular formula is C31H39N3O4. The van der Waals surface area contributed by atoms with E-state index in [0.29, 0.717) is 31.3 Å². The van der Waals surface area contributed by atoms with Crippen LogP contribution >= 0.6 is 0 Å². The number of fused-ring (bicyclic) bond motifs is 4. The minimum Gasteiger partial charge on any atom is -0.486 e. The molecule has 3 aromatic rings. The number of ether oxygens (including phenoxy) is 3. The molecule has 1 amide bonds. The standard InChI is InChI=1S/C31H39N3O4/c1-22-13-14-25-26(32-22)15-16-28-29(25)38-24(21-37-28)20-34(31(2,3)4)30(35)36-19-9-18-33-17-8-7-11-23-10-5-6-12-27(23)33/h5-6,10,12-16,24H,7-9,11,17-21H2,1-4H3/t24-/m0/s1. The third-order valence-corrected chi connectivity index (χ3v) is 7.30. The molecule has 0 saturated heterocycles. The second-order valence-corrected chi connectivity index (χ2v) is 11.3. The van der Waals surface area contributed by atoms with Gasteiger partial charge >= 0.3 is 6.09 Å². The Morgan fingerprint density at radius 2 is 1.97 bits per heavy atom. The first kappa shape index (κ1) is 26.1. The fraction of sp³-hybridized carbons (Fsp3) is 0.484. The Kier molecular flexibility index (Phi) is 7.63. The van der Waals surface area contributed by atoms with Gasteiger partial charge in [-0.3, -0.25) is 9.88 Å². The second kappa shape index (κ2) is 11.1. The Labute approximate surface area is 225 Å². The minimum atomic E-state index is -0.429. The number of hydrogen-bond acceptors (Lipinski definition) is 6. The van der Waals surface area contributed by atoms with Crippen molar-refractivity contribution in [1.29, 1.82) is 0 Å². The fourth-order valence-electron chi connectivity index (χ4n) is 5.29. The van der Waals surface area contributed by atoms with Crippen molar-refractivity contribution in [3.63, 3.8) is 0 Å². The summed E-state index contributed by atoms with van der Waals surface area (Å²) < 4.78 is 18.2. The zero-order valence-corrected chi connectivity index (χ0v) is 23.0. The number of aromatic nitrogens is 1. The summed E-state index contributed by atoms with van der Waals surface area (Å²) >= 11 is 0. The lowest BCUT2D eigenvalue weighted by Crippen LogP contribution is -2.52. The molecule has 0 unspecified atom stereocenters. The molecular weight excluding hydrogens is 478 g/mol. The van der Waals surface area contributed by atoms with Crippen LogP contribution in [0.3, 0.4) is 0 Å². The lowest BCUT2D eigenvalue weighted by molar-refractivity contribution is 0.0202. The summed E-state index contributed by atoms with van der Waals surface area (Å²) in [6.45, 7) is 11.1. The number of aryl methyl sites for hydroxylation is 2. The molecule has 2 aliphatic rings. The van der Waals surface area contributed by atoms with Crippen molar-refractivity contribution >= 4 is 22.7 Å². The van der Waals surface area contributed by atoms with Crippen LogP contribution in [-0.4, -0.2) is 60.5 Å². The van der Waals surface area contributed by atoms with Crippen molar-refractivity contribution in [2.45, 2.75) is 65.0 Å². The maximum Gasteiger partial charge on any atom is 0.410 e. The first-order valence-electron chi connectivity index (χ1n) is 13.8. The van der Waals surface area contributed by atoms with Gasteiger partial charge in [-0.15, -0.1) is 0 Å². The quantitative estimate of drug-likeness (QED) is 0.365. The summed E-state index contributed by atoms with van der Waals surface area (Å²) in [4.78, 5) is 22.0. The summed E-state index contributed by atoms with van der Waals surface area (Å²) in [6, 6.07) is 16.5. The van der Waals surface area contributed by atoms with Crippen molar-refractivity contribution in [2.24, 2.45) is 0 Å². The molecule has 0 saturated carbocycles. The van der Waals surface area contributed by atoms with Crippen molar-refractivity contribution in [2.75, 3.05) is 37.7 Å². The van der Waals surface area contributed by atoms with Crippen molar-refractivity contribution in [1.82, 2.24) is 9.88 Å². The van der Waals surface area contributed by atoms with E-state index in [-0.39, 0.29) is 12.2 Å². The fourth-order valence-corrected chi connectivity index (χ4v) is 5.29. The lowest BCUT2D eigenvalue weighted by Gasteiger charge is -2.38. The van der Waals surface area contributed by atoms with E-state index < -0.39 is 5.54 Å². The molecule has 3 heterocycles.